The maximum atomic E-state index is 12.5. The van der Waals surface area contributed by atoms with Crippen molar-refractivity contribution >= 4 is 23.2 Å². The first-order valence-electron chi connectivity index (χ1n) is 7.96. The van der Waals surface area contributed by atoms with Crippen LogP contribution in [-0.2, 0) is 6.54 Å². The van der Waals surface area contributed by atoms with Crippen LogP contribution in [0.15, 0.2) is 60.9 Å². The second kappa shape index (κ2) is 7.91. The zero-order chi connectivity index (χ0) is 19.2. The van der Waals surface area contributed by atoms with E-state index in [0.717, 1.165) is 5.56 Å². The molecule has 9 heteroatoms. The third-order valence-electron chi connectivity index (χ3n) is 3.73. The molecule has 0 aliphatic heterocycles. The summed E-state index contributed by atoms with van der Waals surface area (Å²) in [5.41, 5.74) is 0.486. The number of amides is 2. The van der Waals surface area contributed by atoms with E-state index in [1.165, 1.54) is 24.5 Å². The molecule has 1 aromatic heterocycles. The number of para-hydroxylation sites is 2. The smallest absolute Gasteiger partial charge is 0.292 e. The molecule has 0 radical (unpaired) electrons. The molecule has 27 heavy (non-hydrogen) atoms. The van der Waals surface area contributed by atoms with Gasteiger partial charge in [-0.25, -0.2) is 4.98 Å². The molecule has 0 saturated carbocycles. The summed E-state index contributed by atoms with van der Waals surface area (Å²) in [4.78, 5) is 41.8. The molecule has 2 amide bonds. The number of nitrogens with zero attached hydrogens (tertiary/aromatic N) is 2. The van der Waals surface area contributed by atoms with Crippen molar-refractivity contribution in [2.24, 2.45) is 0 Å². The van der Waals surface area contributed by atoms with Gasteiger partial charge >= 0.3 is 0 Å². The third-order valence-corrected chi connectivity index (χ3v) is 3.73. The number of aromatic amines is 1. The molecule has 1 heterocycles. The average Bonchev–Trinajstić information content (AvgIpc) is 3.17. The van der Waals surface area contributed by atoms with E-state index < -0.39 is 16.7 Å². The van der Waals surface area contributed by atoms with Crippen molar-refractivity contribution in [2.75, 3.05) is 5.32 Å². The summed E-state index contributed by atoms with van der Waals surface area (Å²) in [7, 11) is 0. The molecule has 0 fully saturated rings. The summed E-state index contributed by atoms with van der Waals surface area (Å²) in [6.07, 6.45) is 1.21. The van der Waals surface area contributed by atoms with Gasteiger partial charge in [0.25, 0.3) is 17.5 Å². The van der Waals surface area contributed by atoms with Crippen LogP contribution in [0.5, 0.6) is 0 Å². The van der Waals surface area contributed by atoms with Crippen molar-refractivity contribution in [3.05, 3.63) is 88.0 Å². The lowest BCUT2D eigenvalue weighted by Gasteiger charge is -2.07. The molecule has 3 N–H and O–H groups in total. The van der Waals surface area contributed by atoms with Crippen molar-refractivity contribution in [3.63, 3.8) is 0 Å². The predicted octanol–water partition coefficient (Wildman–Crippen LogP) is 2.50. The van der Waals surface area contributed by atoms with Crippen LogP contribution in [0.25, 0.3) is 0 Å². The van der Waals surface area contributed by atoms with Crippen molar-refractivity contribution in [3.8, 4) is 0 Å². The van der Waals surface area contributed by atoms with Crippen molar-refractivity contribution in [2.45, 2.75) is 6.54 Å². The Morgan fingerprint density at radius 2 is 1.74 bits per heavy atom. The summed E-state index contributed by atoms with van der Waals surface area (Å²) in [5.74, 6) is -1.24. The van der Waals surface area contributed by atoms with Gasteiger partial charge in [0.1, 0.15) is 11.4 Å². The molecule has 0 spiro atoms. The van der Waals surface area contributed by atoms with Crippen LogP contribution in [-0.4, -0.2) is 26.7 Å². The Morgan fingerprint density at radius 1 is 1.04 bits per heavy atom. The molecule has 0 unspecified atom stereocenters. The van der Waals surface area contributed by atoms with E-state index >= 15 is 0 Å². The Bertz CT molecular complexity index is 984. The van der Waals surface area contributed by atoms with E-state index in [1.807, 2.05) is 30.3 Å². The van der Waals surface area contributed by atoms with Crippen molar-refractivity contribution in [1.82, 2.24) is 15.3 Å². The number of nitro benzene ring substituents is 1. The van der Waals surface area contributed by atoms with E-state index in [2.05, 4.69) is 20.6 Å². The van der Waals surface area contributed by atoms with Gasteiger partial charge in [0, 0.05) is 12.6 Å². The number of benzene rings is 2. The highest BCUT2D eigenvalue weighted by atomic mass is 16.6. The number of carbonyl (C=O) groups is 2. The molecular weight excluding hydrogens is 350 g/mol. The second-order valence-electron chi connectivity index (χ2n) is 5.52. The first-order valence-corrected chi connectivity index (χ1v) is 7.96. The molecule has 0 saturated heterocycles. The summed E-state index contributed by atoms with van der Waals surface area (Å²) in [6, 6.07) is 15.0. The lowest BCUT2D eigenvalue weighted by molar-refractivity contribution is -0.383. The highest BCUT2D eigenvalue weighted by Crippen LogP contribution is 2.23. The Hall–Kier alpha value is -4.01. The number of hydrogen-bond donors (Lipinski definition) is 3. The largest absolute Gasteiger partial charge is 0.347 e. The van der Waals surface area contributed by atoms with Gasteiger partial charge in [-0.3, -0.25) is 19.7 Å². The lowest BCUT2D eigenvalue weighted by atomic mass is 10.2. The SMILES string of the molecule is O=C(Nc1ccccc1[N+](=O)[O-])c1nc[nH]c1C(=O)NCc1ccccc1. The van der Waals surface area contributed by atoms with Gasteiger partial charge < -0.3 is 15.6 Å². The van der Waals surface area contributed by atoms with Crippen LogP contribution in [0, 0.1) is 10.1 Å². The normalized spacial score (nSPS) is 10.2. The summed E-state index contributed by atoms with van der Waals surface area (Å²) in [5, 5.41) is 16.2. The highest BCUT2D eigenvalue weighted by Gasteiger charge is 2.22. The average molecular weight is 365 g/mol. The Kier molecular flexibility index (Phi) is 5.22. The van der Waals surface area contributed by atoms with E-state index in [1.54, 1.807) is 6.07 Å². The monoisotopic (exact) mass is 365 g/mol. The van der Waals surface area contributed by atoms with Crippen LogP contribution in [0.1, 0.15) is 26.5 Å². The Labute approximate surface area is 153 Å². The van der Waals surface area contributed by atoms with E-state index in [-0.39, 0.29) is 29.3 Å². The minimum absolute atomic E-state index is 0.0196. The van der Waals surface area contributed by atoms with Crippen molar-refractivity contribution < 1.29 is 14.5 Å². The maximum Gasteiger partial charge on any atom is 0.292 e. The number of rotatable bonds is 6. The van der Waals surface area contributed by atoms with E-state index in [9.17, 15) is 19.7 Å². The summed E-state index contributed by atoms with van der Waals surface area (Å²) in [6.45, 7) is 0.282. The number of H-pyrrole nitrogens is 1. The Balaban J connectivity index is 1.73. The quantitative estimate of drug-likeness (QED) is 0.456. The van der Waals surface area contributed by atoms with E-state index in [4.69, 9.17) is 0 Å². The number of carbonyl (C=O) groups excluding carboxylic acids is 2. The molecule has 136 valence electrons. The first-order chi connectivity index (χ1) is 13.1. The predicted molar refractivity (Wildman–Crippen MR) is 97.2 cm³/mol. The van der Waals surface area contributed by atoms with E-state index in [0.29, 0.717) is 0 Å². The molecule has 0 aliphatic rings. The number of anilines is 1. The molecule has 0 atom stereocenters. The molecular formula is C18H15N5O4. The van der Waals surface area contributed by atoms with Crippen molar-refractivity contribution in [1.29, 1.82) is 0 Å². The lowest BCUT2D eigenvalue weighted by Crippen LogP contribution is -2.26. The number of hydrogen-bond acceptors (Lipinski definition) is 5. The zero-order valence-electron chi connectivity index (χ0n) is 14.0. The van der Waals surface area contributed by atoms with Gasteiger partial charge in [-0.2, -0.15) is 0 Å². The van der Waals surface area contributed by atoms with Gasteiger partial charge in [0.05, 0.1) is 11.3 Å². The fourth-order valence-corrected chi connectivity index (χ4v) is 2.43. The summed E-state index contributed by atoms with van der Waals surface area (Å²) >= 11 is 0. The van der Waals surface area contributed by atoms with Gasteiger partial charge in [0.2, 0.25) is 0 Å². The molecule has 0 bridgehead atoms. The van der Waals surface area contributed by atoms with Gasteiger partial charge in [-0.05, 0) is 11.6 Å². The van der Waals surface area contributed by atoms with Crippen LogP contribution in [0.3, 0.4) is 0 Å². The number of aromatic nitrogens is 2. The number of nitro groups is 1. The molecule has 3 rings (SSSR count). The van der Waals surface area contributed by atoms with Crippen LogP contribution >= 0.6 is 0 Å². The molecule has 3 aromatic rings. The minimum Gasteiger partial charge on any atom is -0.347 e. The van der Waals surface area contributed by atoms with Crippen LogP contribution in [0.2, 0.25) is 0 Å². The topological polar surface area (TPSA) is 130 Å². The van der Waals surface area contributed by atoms with Gasteiger partial charge in [-0.1, -0.05) is 42.5 Å². The maximum absolute atomic E-state index is 12.5. The number of imidazole rings is 1. The third kappa shape index (κ3) is 4.15. The minimum atomic E-state index is -0.726. The standard InChI is InChI=1S/C18H15N5O4/c24-17(19-10-12-6-2-1-3-7-12)15-16(21-11-20-15)18(25)22-13-8-4-5-9-14(13)23(26)27/h1-9,11H,10H2,(H,19,24)(H,20,21)(H,22,25). The molecule has 0 aliphatic carbocycles. The fourth-order valence-electron chi connectivity index (χ4n) is 2.43. The fraction of sp³-hybridized carbons (Fsp3) is 0.0556. The van der Waals surface area contributed by atoms with Gasteiger partial charge in [0.15, 0.2) is 5.69 Å². The molecule has 9 nitrogen and oxygen atoms in total. The zero-order valence-corrected chi connectivity index (χ0v) is 14.0. The van der Waals surface area contributed by atoms with Crippen LogP contribution < -0.4 is 10.6 Å². The van der Waals surface area contributed by atoms with Gasteiger partial charge in [-0.15, -0.1) is 0 Å². The highest BCUT2D eigenvalue weighted by molar-refractivity contribution is 6.10. The Morgan fingerprint density at radius 3 is 2.48 bits per heavy atom. The first kappa shape index (κ1) is 17.8. The number of nitrogens with one attached hydrogen (secondary N) is 3. The molecule has 2 aromatic carbocycles. The summed E-state index contributed by atoms with van der Waals surface area (Å²) < 4.78 is 0. The van der Waals surface area contributed by atoms with Crippen LogP contribution in [0.4, 0.5) is 11.4 Å². The second-order valence-corrected chi connectivity index (χ2v) is 5.52.